The van der Waals surface area contributed by atoms with Crippen molar-refractivity contribution in [2.45, 2.75) is 11.5 Å². The van der Waals surface area contributed by atoms with Crippen LogP contribution in [0.2, 0.25) is 0 Å². The second-order valence-electron chi connectivity index (χ2n) is 4.53. The van der Waals surface area contributed by atoms with Crippen LogP contribution in [0.15, 0.2) is 41.4 Å². The van der Waals surface area contributed by atoms with Crippen molar-refractivity contribution in [2.75, 3.05) is 5.32 Å². The van der Waals surface area contributed by atoms with E-state index in [0.29, 0.717) is 5.69 Å². The summed E-state index contributed by atoms with van der Waals surface area (Å²) >= 11 is 0. The maximum atomic E-state index is 12.1. The Hall–Kier alpha value is -2.16. The highest BCUT2D eigenvalue weighted by atomic mass is 32.2. The van der Waals surface area contributed by atoms with Gasteiger partial charge < -0.3 is 15.0 Å². The molecule has 7 nitrogen and oxygen atoms in total. The number of hydrogen-bond donors (Lipinski definition) is 3. The fourth-order valence-corrected chi connectivity index (χ4v) is 2.39. The van der Waals surface area contributed by atoms with E-state index in [-0.39, 0.29) is 17.2 Å². The van der Waals surface area contributed by atoms with E-state index in [2.05, 4.69) is 5.32 Å². The first-order valence-electron chi connectivity index (χ1n) is 6.01. The van der Waals surface area contributed by atoms with Gasteiger partial charge in [0.05, 0.1) is 6.61 Å². The molecule has 1 aromatic carbocycles. The van der Waals surface area contributed by atoms with Gasteiger partial charge in [0.15, 0.2) is 0 Å². The SMILES string of the molecule is Cn1cc(S(N)(=O)=O)cc1C(=O)Nc1ccc(CO)cc1. The van der Waals surface area contributed by atoms with Gasteiger partial charge in [0.25, 0.3) is 5.91 Å². The molecule has 0 aliphatic carbocycles. The molecule has 0 radical (unpaired) electrons. The molecular formula is C13H15N3O4S. The lowest BCUT2D eigenvalue weighted by atomic mass is 10.2. The number of nitrogens with one attached hydrogen (secondary N) is 1. The van der Waals surface area contributed by atoms with Crippen molar-refractivity contribution in [1.82, 2.24) is 4.57 Å². The summed E-state index contributed by atoms with van der Waals surface area (Å²) in [7, 11) is -2.29. The van der Waals surface area contributed by atoms with Crippen LogP contribution < -0.4 is 10.5 Å². The third-order valence-electron chi connectivity index (χ3n) is 2.94. The summed E-state index contributed by atoms with van der Waals surface area (Å²) in [6.45, 7) is -0.0796. The quantitative estimate of drug-likeness (QED) is 0.759. The number of hydrogen-bond acceptors (Lipinski definition) is 4. The number of nitrogens with zero attached hydrogens (tertiary/aromatic N) is 1. The molecule has 112 valence electrons. The molecule has 2 aromatic rings. The van der Waals surface area contributed by atoms with Gasteiger partial charge in [-0.3, -0.25) is 4.79 Å². The molecular weight excluding hydrogens is 294 g/mol. The molecule has 0 spiro atoms. The fourth-order valence-electron chi connectivity index (χ4n) is 1.80. The Morgan fingerprint density at radius 2 is 1.95 bits per heavy atom. The van der Waals surface area contributed by atoms with Crippen LogP contribution in [0, 0.1) is 0 Å². The Labute approximate surface area is 122 Å². The molecule has 1 aromatic heterocycles. The van der Waals surface area contributed by atoms with E-state index in [0.717, 1.165) is 5.56 Å². The van der Waals surface area contributed by atoms with Crippen LogP contribution in [0.1, 0.15) is 16.1 Å². The summed E-state index contributed by atoms with van der Waals surface area (Å²) < 4.78 is 23.9. The minimum Gasteiger partial charge on any atom is -0.392 e. The Morgan fingerprint density at radius 1 is 1.33 bits per heavy atom. The summed E-state index contributed by atoms with van der Waals surface area (Å²) in [6, 6.07) is 7.86. The van der Waals surface area contributed by atoms with Crippen molar-refractivity contribution >= 4 is 21.6 Å². The lowest BCUT2D eigenvalue weighted by molar-refractivity contribution is 0.101. The molecule has 0 saturated heterocycles. The molecule has 1 amide bonds. The third kappa shape index (κ3) is 3.48. The zero-order chi connectivity index (χ0) is 15.6. The number of rotatable bonds is 4. The summed E-state index contributed by atoms with van der Waals surface area (Å²) in [4.78, 5) is 12.0. The number of anilines is 1. The van der Waals surface area contributed by atoms with Gasteiger partial charge >= 0.3 is 0 Å². The lowest BCUT2D eigenvalue weighted by Crippen LogP contribution is -2.15. The molecule has 0 aliphatic heterocycles. The first kappa shape index (κ1) is 15.2. The van der Waals surface area contributed by atoms with Crippen LogP contribution in [0.4, 0.5) is 5.69 Å². The van der Waals surface area contributed by atoms with Gasteiger partial charge in [-0.2, -0.15) is 0 Å². The number of aryl methyl sites for hydroxylation is 1. The highest BCUT2D eigenvalue weighted by Crippen LogP contribution is 2.15. The van der Waals surface area contributed by atoms with Gasteiger partial charge in [0, 0.05) is 18.9 Å². The number of amides is 1. The fraction of sp³-hybridized carbons (Fsp3) is 0.154. The van der Waals surface area contributed by atoms with Crippen LogP contribution in [-0.4, -0.2) is 24.0 Å². The minimum absolute atomic E-state index is 0.0796. The monoisotopic (exact) mass is 309 g/mol. The largest absolute Gasteiger partial charge is 0.392 e. The summed E-state index contributed by atoms with van der Waals surface area (Å²) in [5.41, 5.74) is 1.43. The van der Waals surface area contributed by atoms with Crippen LogP contribution in [0.25, 0.3) is 0 Å². The number of aliphatic hydroxyl groups excluding tert-OH is 1. The molecule has 0 fully saturated rings. The van der Waals surface area contributed by atoms with Gasteiger partial charge in [-0.05, 0) is 23.8 Å². The van der Waals surface area contributed by atoms with Crippen LogP contribution in [0.5, 0.6) is 0 Å². The van der Waals surface area contributed by atoms with E-state index in [1.807, 2.05) is 0 Å². The molecule has 0 aliphatic rings. The van der Waals surface area contributed by atoms with Gasteiger partial charge in [0.1, 0.15) is 10.6 Å². The average Bonchev–Trinajstić information content (AvgIpc) is 2.82. The van der Waals surface area contributed by atoms with E-state index < -0.39 is 15.9 Å². The Balaban J connectivity index is 2.22. The van der Waals surface area contributed by atoms with Crippen LogP contribution in [0.3, 0.4) is 0 Å². The van der Waals surface area contributed by atoms with Crippen molar-refractivity contribution in [2.24, 2.45) is 12.2 Å². The standard InChI is InChI=1S/C13H15N3O4S/c1-16-7-11(21(14,19)20)6-12(16)13(18)15-10-4-2-9(8-17)3-5-10/h2-7,17H,8H2,1H3,(H,15,18)(H2,14,19,20). The van der Waals surface area contributed by atoms with Crippen LogP contribution in [-0.2, 0) is 23.7 Å². The maximum absolute atomic E-state index is 12.1. The van der Waals surface area contributed by atoms with Crippen molar-refractivity contribution in [3.63, 3.8) is 0 Å². The second kappa shape index (κ2) is 5.68. The van der Waals surface area contributed by atoms with Crippen molar-refractivity contribution in [3.8, 4) is 0 Å². The second-order valence-corrected chi connectivity index (χ2v) is 6.09. The van der Waals surface area contributed by atoms with E-state index in [9.17, 15) is 13.2 Å². The van der Waals surface area contributed by atoms with Crippen molar-refractivity contribution in [1.29, 1.82) is 0 Å². The number of aromatic nitrogens is 1. The molecule has 4 N–H and O–H groups in total. The summed E-state index contributed by atoms with van der Waals surface area (Å²) in [5, 5.41) is 16.6. The molecule has 0 bridgehead atoms. The molecule has 8 heteroatoms. The number of carbonyl (C=O) groups is 1. The third-order valence-corrected chi connectivity index (χ3v) is 3.82. The number of sulfonamides is 1. The van der Waals surface area contributed by atoms with E-state index in [4.69, 9.17) is 10.2 Å². The Kier molecular flexibility index (Phi) is 4.12. The highest BCUT2D eigenvalue weighted by molar-refractivity contribution is 7.89. The minimum atomic E-state index is -3.85. The smallest absolute Gasteiger partial charge is 0.272 e. The zero-order valence-corrected chi connectivity index (χ0v) is 12.1. The predicted octanol–water partition coefficient (Wildman–Crippen LogP) is 0.417. The number of carbonyl (C=O) groups excluding carboxylic acids is 1. The van der Waals surface area contributed by atoms with Crippen molar-refractivity contribution < 1.29 is 18.3 Å². The molecule has 0 unspecified atom stereocenters. The number of nitrogens with two attached hydrogens (primary N) is 1. The topological polar surface area (TPSA) is 114 Å². The maximum Gasteiger partial charge on any atom is 0.272 e. The first-order valence-corrected chi connectivity index (χ1v) is 7.56. The average molecular weight is 309 g/mol. The van der Waals surface area contributed by atoms with Crippen molar-refractivity contribution in [3.05, 3.63) is 47.8 Å². The lowest BCUT2D eigenvalue weighted by Gasteiger charge is -2.06. The molecule has 0 atom stereocenters. The summed E-state index contributed by atoms with van der Waals surface area (Å²) in [5.74, 6) is -0.454. The van der Waals surface area contributed by atoms with E-state index >= 15 is 0 Å². The van der Waals surface area contributed by atoms with Crippen LogP contribution >= 0.6 is 0 Å². The van der Waals surface area contributed by atoms with Gasteiger partial charge in [-0.15, -0.1) is 0 Å². The molecule has 2 rings (SSSR count). The normalized spacial score (nSPS) is 11.4. The predicted molar refractivity (Wildman–Crippen MR) is 77.1 cm³/mol. The summed E-state index contributed by atoms with van der Waals surface area (Å²) in [6.07, 6.45) is 1.28. The molecule has 1 heterocycles. The number of primary sulfonamides is 1. The number of aliphatic hydroxyl groups is 1. The first-order chi connectivity index (χ1) is 9.81. The Bertz CT molecular complexity index is 763. The molecule has 21 heavy (non-hydrogen) atoms. The molecule has 0 saturated carbocycles. The Morgan fingerprint density at radius 3 is 2.43 bits per heavy atom. The van der Waals surface area contributed by atoms with E-state index in [1.165, 1.54) is 16.8 Å². The number of benzene rings is 1. The van der Waals surface area contributed by atoms with Gasteiger partial charge in [-0.25, -0.2) is 13.6 Å². The van der Waals surface area contributed by atoms with Gasteiger partial charge in [-0.1, -0.05) is 12.1 Å². The van der Waals surface area contributed by atoms with Gasteiger partial charge in [0.2, 0.25) is 10.0 Å². The highest BCUT2D eigenvalue weighted by Gasteiger charge is 2.17. The zero-order valence-electron chi connectivity index (χ0n) is 11.3. The van der Waals surface area contributed by atoms with E-state index in [1.54, 1.807) is 31.3 Å².